The number of carbonyl (C=O) groups excluding carboxylic acids is 1. The quantitative estimate of drug-likeness (QED) is 0.611. The van der Waals surface area contributed by atoms with Crippen LogP contribution in [0.5, 0.6) is 0 Å². The molecule has 6 heteroatoms. The number of nitrogens with one attached hydrogen (secondary N) is 1. The summed E-state index contributed by atoms with van der Waals surface area (Å²) in [5.74, 6) is 0.527. The molecular weight excluding hydrogens is 396 g/mol. The number of nitrogens with zero attached hydrogens (tertiary/aromatic N) is 3. The molecule has 1 aromatic carbocycles. The Labute approximate surface area is 182 Å². The molecule has 1 aliphatic rings. The topological polar surface area (TPSA) is 58.1 Å². The Balaban J connectivity index is 1.61. The maximum Gasteiger partial charge on any atom is 0.255 e. The molecule has 4 rings (SSSR count). The van der Waals surface area contributed by atoms with Crippen LogP contribution in [0.3, 0.4) is 0 Å². The van der Waals surface area contributed by atoms with Crippen LogP contribution in [-0.4, -0.2) is 33.9 Å². The molecule has 0 spiro atoms. The Kier molecular flexibility index (Phi) is 6.29. The number of aryl methyl sites for hydroxylation is 1. The largest absolute Gasteiger partial charge is 0.356 e. The number of anilines is 1. The molecule has 30 heavy (non-hydrogen) atoms. The molecule has 0 radical (unpaired) electrons. The lowest BCUT2D eigenvalue weighted by Gasteiger charge is -2.27. The van der Waals surface area contributed by atoms with E-state index in [9.17, 15) is 4.79 Å². The van der Waals surface area contributed by atoms with Gasteiger partial charge < -0.3 is 10.2 Å². The summed E-state index contributed by atoms with van der Waals surface area (Å²) >= 11 is 6.55. The smallest absolute Gasteiger partial charge is 0.255 e. The van der Waals surface area contributed by atoms with E-state index >= 15 is 0 Å². The van der Waals surface area contributed by atoms with Crippen molar-refractivity contribution in [3.05, 3.63) is 88.3 Å². The lowest BCUT2D eigenvalue weighted by atomic mass is 10.0. The molecule has 1 aliphatic heterocycles. The Morgan fingerprint density at radius 3 is 2.60 bits per heavy atom. The predicted molar refractivity (Wildman–Crippen MR) is 120 cm³/mol. The van der Waals surface area contributed by atoms with Crippen LogP contribution in [0, 0.1) is 6.92 Å². The van der Waals surface area contributed by atoms with Crippen molar-refractivity contribution in [2.24, 2.45) is 0 Å². The van der Waals surface area contributed by atoms with Gasteiger partial charge in [-0.2, -0.15) is 0 Å². The molecule has 154 valence electrons. The standard InChI is InChI=1S/C24H25ClN4O/c1-17-8-7-9-18(14-17)22(21-10-3-4-11-26-21)28-23-20(25)15-19(16-27-23)24(30)29-12-5-2-6-13-29/h3-4,7-11,14-16,22H,2,5-6,12-13H2,1H3,(H,27,28). The molecule has 0 bridgehead atoms. The zero-order valence-corrected chi connectivity index (χ0v) is 17.8. The van der Waals surface area contributed by atoms with Crippen molar-refractivity contribution in [2.45, 2.75) is 32.2 Å². The minimum Gasteiger partial charge on any atom is -0.356 e. The number of pyridine rings is 2. The molecular formula is C24H25ClN4O. The summed E-state index contributed by atoms with van der Waals surface area (Å²) in [4.78, 5) is 23.7. The third-order valence-electron chi connectivity index (χ3n) is 5.37. The molecule has 3 aromatic rings. The van der Waals surface area contributed by atoms with Gasteiger partial charge in [0.15, 0.2) is 0 Å². The van der Waals surface area contributed by atoms with E-state index in [1.165, 1.54) is 6.42 Å². The molecule has 1 unspecified atom stereocenters. The maximum absolute atomic E-state index is 12.8. The van der Waals surface area contributed by atoms with Gasteiger partial charge in [0, 0.05) is 25.5 Å². The van der Waals surface area contributed by atoms with E-state index in [4.69, 9.17) is 11.6 Å². The first-order valence-electron chi connectivity index (χ1n) is 10.3. The van der Waals surface area contributed by atoms with Crippen molar-refractivity contribution >= 4 is 23.3 Å². The lowest BCUT2D eigenvalue weighted by Crippen LogP contribution is -2.35. The average Bonchev–Trinajstić information content (AvgIpc) is 2.79. The fourth-order valence-corrected chi connectivity index (χ4v) is 4.02. The highest BCUT2D eigenvalue weighted by molar-refractivity contribution is 6.33. The van der Waals surface area contributed by atoms with E-state index in [0.29, 0.717) is 16.4 Å². The van der Waals surface area contributed by atoms with E-state index in [2.05, 4.69) is 40.4 Å². The van der Waals surface area contributed by atoms with Gasteiger partial charge in [-0.3, -0.25) is 9.78 Å². The SMILES string of the molecule is Cc1cccc(C(Nc2ncc(C(=O)N3CCCCC3)cc2Cl)c2ccccn2)c1. The molecule has 2 aromatic heterocycles. The number of halogens is 1. The summed E-state index contributed by atoms with van der Waals surface area (Å²) in [7, 11) is 0. The van der Waals surface area contributed by atoms with Crippen LogP contribution in [0.2, 0.25) is 5.02 Å². The average molecular weight is 421 g/mol. The van der Waals surface area contributed by atoms with Gasteiger partial charge in [-0.15, -0.1) is 0 Å². The molecule has 1 amide bonds. The molecule has 5 nitrogen and oxygen atoms in total. The summed E-state index contributed by atoms with van der Waals surface area (Å²) in [6.45, 7) is 3.66. The van der Waals surface area contributed by atoms with Crippen LogP contribution >= 0.6 is 11.6 Å². The van der Waals surface area contributed by atoms with Crippen LogP contribution in [0.4, 0.5) is 5.82 Å². The zero-order chi connectivity index (χ0) is 20.9. The highest BCUT2D eigenvalue weighted by Gasteiger charge is 2.21. The number of carbonyl (C=O) groups is 1. The number of amides is 1. The van der Waals surface area contributed by atoms with Crippen LogP contribution in [0.15, 0.2) is 60.9 Å². The van der Waals surface area contributed by atoms with Crippen molar-refractivity contribution < 1.29 is 4.79 Å². The van der Waals surface area contributed by atoms with Gasteiger partial charge in [0.25, 0.3) is 5.91 Å². The van der Waals surface area contributed by atoms with E-state index in [0.717, 1.165) is 42.8 Å². The van der Waals surface area contributed by atoms with Crippen LogP contribution in [0.1, 0.15) is 52.5 Å². The molecule has 0 aliphatic carbocycles. The molecule has 1 saturated heterocycles. The molecule has 1 fully saturated rings. The minimum absolute atomic E-state index is 0.00406. The number of rotatable bonds is 5. The van der Waals surface area contributed by atoms with E-state index in [1.54, 1.807) is 18.5 Å². The van der Waals surface area contributed by atoms with Gasteiger partial charge in [0.05, 0.1) is 22.3 Å². The van der Waals surface area contributed by atoms with Crippen molar-refractivity contribution in [1.29, 1.82) is 0 Å². The summed E-state index contributed by atoms with van der Waals surface area (Å²) in [5.41, 5.74) is 3.63. The van der Waals surface area contributed by atoms with Gasteiger partial charge in [-0.1, -0.05) is 47.5 Å². The number of benzene rings is 1. The van der Waals surface area contributed by atoms with Crippen LogP contribution in [0.25, 0.3) is 0 Å². The summed E-state index contributed by atoms with van der Waals surface area (Å²) in [6, 6.07) is 15.6. The highest BCUT2D eigenvalue weighted by atomic mass is 35.5. The van der Waals surface area contributed by atoms with Gasteiger partial charge in [-0.25, -0.2) is 4.98 Å². The van der Waals surface area contributed by atoms with Crippen molar-refractivity contribution in [2.75, 3.05) is 18.4 Å². The van der Waals surface area contributed by atoms with E-state index in [-0.39, 0.29) is 11.9 Å². The van der Waals surface area contributed by atoms with Crippen LogP contribution < -0.4 is 5.32 Å². The highest BCUT2D eigenvalue weighted by Crippen LogP contribution is 2.29. The maximum atomic E-state index is 12.8. The number of hydrogen-bond donors (Lipinski definition) is 1. The number of aromatic nitrogens is 2. The van der Waals surface area contributed by atoms with Crippen molar-refractivity contribution in [1.82, 2.24) is 14.9 Å². The third-order valence-corrected chi connectivity index (χ3v) is 5.66. The Bertz CT molecular complexity index is 1020. The first-order chi connectivity index (χ1) is 14.6. The summed E-state index contributed by atoms with van der Waals surface area (Å²) in [5, 5.41) is 3.84. The van der Waals surface area contributed by atoms with E-state index in [1.807, 2.05) is 29.2 Å². The number of piperidine rings is 1. The zero-order valence-electron chi connectivity index (χ0n) is 17.0. The summed E-state index contributed by atoms with van der Waals surface area (Å²) < 4.78 is 0. The first kappa shape index (κ1) is 20.4. The Hall–Kier alpha value is -2.92. The molecule has 1 atom stereocenters. The Morgan fingerprint density at radius 2 is 1.90 bits per heavy atom. The fourth-order valence-electron chi connectivity index (χ4n) is 3.80. The monoisotopic (exact) mass is 420 g/mol. The second-order valence-corrected chi connectivity index (χ2v) is 8.06. The van der Waals surface area contributed by atoms with Gasteiger partial charge >= 0.3 is 0 Å². The van der Waals surface area contributed by atoms with Gasteiger partial charge in [0.2, 0.25) is 0 Å². The third kappa shape index (κ3) is 4.62. The predicted octanol–water partition coefficient (Wildman–Crippen LogP) is 5.27. The van der Waals surface area contributed by atoms with Gasteiger partial charge in [-0.05, 0) is 49.9 Å². The van der Waals surface area contributed by atoms with Crippen LogP contribution in [-0.2, 0) is 0 Å². The van der Waals surface area contributed by atoms with Crippen molar-refractivity contribution in [3.63, 3.8) is 0 Å². The molecule has 3 heterocycles. The normalized spacial score (nSPS) is 14.9. The van der Waals surface area contributed by atoms with E-state index < -0.39 is 0 Å². The molecule has 1 N–H and O–H groups in total. The summed E-state index contributed by atoms with van der Waals surface area (Å²) in [6.07, 6.45) is 6.66. The first-order valence-corrected chi connectivity index (χ1v) is 10.7. The second kappa shape index (κ2) is 9.26. The van der Waals surface area contributed by atoms with Crippen molar-refractivity contribution in [3.8, 4) is 0 Å². The molecule has 0 saturated carbocycles. The van der Waals surface area contributed by atoms with Gasteiger partial charge in [0.1, 0.15) is 5.82 Å². The number of hydrogen-bond acceptors (Lipinski definition) is 4. The second-order valence-electron chi connectivity index (χ2n) is 7.65. The number of likely N-dealkylation sites (tertiary alicyclic amines) is 1. The minimum atomic E-state index is -0.209. The Morgan fingerprint density at radius 1 is 1.07 bits per heavy atom. The fraction of sp³-hybridized carbons (Fsp3) is 0.292. The lowest BCUT2D eigenvalue weighted by molar-refractivity contribution is 0.0724.